The molecule has 1 unspecified atom stereocenters. The van der Waals surface area contributed by atoms with E-state index in [1.54, 1.807) is 31.2 Å². The van der Waals surface area contributed by atoms with Gasteiger partial charge in [0.15, 0.2) is 5.76 Å². The van der Waals surface area contributed by atoms with Crippen LogP contribution in [-0.4, -0.2) is 20.6 Å². The van der Waals surface area contributed by atoms with Crippen LogP contribution in [-0.2, 0) is 10.0 Å². The molecule has 0 bridgehead atoms. The van der Waals surface area contributed by atoms with Gasteiger partial charge in [-0.3, -0.25) is 9.52 Å². The number of aryl methyl sites for hydroxylation is 2. The van der Waals surface area contributed by atoms with Gasteiger partial charge in [0.1, 0.15) is 5.76 Å². The van der Waals surface area contributed by atoms with E-state index in [9.17, 15) is 13.2 Å². The Hall–Kier alpha value is -2.28. The summed E-state index contributed by atoms with van der Waals surface area (Å²) in [5, 5.41) is 2.85. The number of hydrogen-bond acceptors (Lipinski definition) is 4. The van der Waals surface area contributed by atoms with Crippen molar-refractivity contribution in [3.63, 3.8) is 0 Å². The van der Waals surface area contributed by atoms with Crippen molar-refractivity contribution in [3.8, 4) is 0 Å². The highest BCUT2D eigenvalue weighted by atomic mass is 32.2. The maximum atomic E-state index is 12.3. The van der Waals surface area contributed by atoms with E-state index in [2.05, 4.69) is 10.0 Å². The van der Waals surface area contributed by atoms with E-state index in [1.165, 1.54) is 0 Å². The summed E-state index contributed by atoms with van der Waals surface area (Å²) in [5.41, 5.74) is 2.02. The van der Waals surface area contributed by atoms with Crippen LogP contribution in [0.3, 0.4) is 0 Å². The Morgan fingerprint density at radius 1 is 1.22 bits per heavy atom. The van der Waals surface area contributed by atoms with Crippen LogP contribution in [0, 0.1) is 13.8 Å². The van der Waals surface area contributed by atoms with Crippen molar-refractivity contribution in [3.05, 3.63) is 53.0 Å². The van der Waals surface area contributed by atoms with Gasteiger partial charge in [-0.15, -0.1) is 0 Å². The molecule has 0 saturated heterocycles. The Morgan fingerprint density at radius 3 is 2.48 bits per heavy atom. The van der Waals surface area contributed by atoms with Crippen molar-refractivity contribution in [2.45, 2.75) is 26.8 Å². The Morgan fingerprint density at radius 2 is 1.91 bits per heavy atom. The second kappa shape index (κ2) is 6.45. The fraction of sp³-hybridized carbons (Fsp3) is 0.312. The van der Waals surface area contributed by atoms with Gasteiger partial charge < -0.3 is 9.73 Å². The molecule has 1 heterocycles. The molecule has 1 amide bonds. The van der Waals surface area contributed by atoms with Crippen LogP contribution in [0.15, 0.2) is 34.7 Å². The molecule has 0 spiro atoms. The molecule has 2 rings (SSSR count). The average Bonchev–Trinajstić information content (AvgIpc) is 2.76. The molecule has 23 heavy (non-hydrogen) atoms. The Bertz CT molecular complexity index is 824. The predicted molar refractivity (Wildman–Crippen MR) is 89.0 cm³/mol. The highest BCUT2D eigenvalue weighted by molar-refractivity contribution is 7.92. The lowest BCUT2D eigenvalue weighted by molar-refractivity contribution is 0.0909. The molecule has 2 N–H and O–H groups in total. The van der Waals surface area contributed by atoms with Crippen LogP contribution in [0.5, 0.6) is 0 Å². The molecule has 124 valence electrons. The van der Waals surface area contributed by atoms with Crippen molar-refractivity contribution < 1.29 is 17.6 Å². The third kappa shape index (κ3) is 4.59. The first kappa shape index (κ1) is 17.1. The summed E-state index contributed by atoms with van der Waals surface area (Å²) in [6, 6.07) is 8.39. The van der Waals surface area contributed by atoms with Crippen molar-refractivity contribution in [1.29, 1.82) is 0 Å². The fourth-order valence-electron chi connectivity index (χ4n) is 2.30. The van der Waals surface area contributed by atoms with Gasteiger partial charge in [-0.1, -0.05) is 12.1 Å². The number of hydrogen-bond donors (Lipinski definition) is 2. The molecular weight excluding hydrogens is 316 g/mol. The Labute approximate surface area is 135 Å². The molecule has 0 aliphatic rings. The van der Waals surface area contributed by atoms with Gasteiger partial charge in [-0.05, 0) is 44.5 Å². The molecule has 1 aromatic heterocycles. The van der Waals surface area contributed by atoms with Crippen LogP contribution in [0.2, 0.25) is 0 Å². The molecule has 1 atom stereocenters. The number of carbonyl (C=O) groups is 1. The van der Waals surface area contributed by atoms with E-state index in [0.29, 0.717) is 17.2 Å². The van der Waals surface area contributed by atoms with E-state index in [-0.39, 0.29) is 11.9 Å². The number of furan rings is 1. The Balaban J connectivity index is 2.14. The Kier molecular flexibility index (Phi) is 4.79. The summed E-state index contributed by atoms with van der Waals surface area (Å²) in [7, 11) is -3.34. The third-order valence-corrected chi connectivity index (χ3v) is 3.89. The molecule has 0 saturated carbocycles. The maximum Gasteiger partial charge on any atom is 0.287 e. The molecule has 7 heteroatoms. The lowest BCUT2D eigenvalue weighted by Crippen LogP contribution is -2.26. The number of sulfonamides is 1. The minimum atomic E-state index is -3.34. The molecule has 0 radical (unpaired) electrons. The first-order chi connectivity index (χ1) is 10.7. The molecule has 0 fully saturated rings. The topological polar surface area (TPSA) is 88.4 Å². The standard InChI is InChI=1S/C16H20N2O4S/c1-10-8-11(2)22-15(10)16(19)17-12(3)13-6-5-7-14(9-13)18-23(4,20)21/h5-9,12,18H,1-4H3,(H,17,19). The van der Waals surface area contributed by atoms with Crippen LogP contribution in [0.1, 0.15) is 40.4 Å². The molecule has 2 aromatic rings. The zero-order valence-corrected chi connectivity index (χ0v) is 14.3. The highest BCUT2D eigenvalue weighted by Gasteiger charge is 2.17. The van der Waals surface area contributed by atoms with E-state index in [0.717, 1.165) is 17.4 Å². The van der Waals surface area contributed by atoms with Gasteiger partial charge in [0, 0.05) is 11.3 Å². The summed E-state index contributed by atoms with van der Waals surface area (Å²) in [5.74, 6) is 0.670. The van der Waals surface area contributed by atoms with Crippen LogP contribution in [0.4, 0.5) is 5.69 Å². The van der Waals surface area contributed by atoms with Crippen molar-refractivity contribution in [1.82, 2.24) is 5.32 Å². The second-order valence-electron chi connectivity index (χ2n) is 5.56. The van der Waals surface area contributed by atoms with Gasteiger partial charge in [-0.25, -0.2) is 8.42 Å². The number of anilines is 1. The summed E-state index contributed by atoms with van der Waals surface area (Å²) in [4.78, 5) is 12.3. The fourth-order valence-corrected chi connectivity index (χ4v) is 2.85. The molecule has 6 nitrogen and oxygen atoms in total. The van der Waals surface area contributed by atoms with Gasteiger partial charge in [0.05, 0.1) is 12.3 Å². The molecule has 0 aliphatic carbocycles. The van der Waals surface area contributed by atoms with Gasteiger partial charge >= 0.3 is 0 Å². The third-order valence-electron chi connectivity index (χ3n) is 3.28. The lowest BCUT2D eigenvalue weighted by atomic mass is 10.1. The number of amides is 1. The van der Waals surface area contributed by atoms with Crippen molar-refractivity contribution in [2.24, 2.45) is 0 Å². The first-order valence-electron chi connectivity index (χ1n) is 7.11. The quantitative estimate of drug-likeness (QED) is 0.879. The number of benzene rings is 1. The molecular formula is C16H20N2O4S. The smallest absolute Gasteiger partial charge is 0.287 e. The summed E-state index contributed by atoms with van der Waals surface area (Å²) in [6.45, 7) is 5.42. The van der Waals surface area contributed by atoms with Crippen LogP contribution < -0.4 is 10.0 Å². The zero-order valence-electron chi connectivity index (χ0n) is 13.5. The highest BCUT2D eigenvalue weighted by Crippen LogP contribution is 2.20. The van der Waals surface area contributed by atoms with Gasteiger partial charge in [-0.2, -0.15) is 0 Å². The summed E-state index contributed by atoms with van der Waals surface area (Å²) < 4.78 is 30.4. The van der Waals surface area contributed by atoms with E-state index in [4.69, 9.17) is 4.42 Å². The number of nitrogens with one attached hydrogen (secondary N) is 2. The van der Waals surface area contributed by atoms with Gasteiger partial charge in [0.25, 0.3) is 5.91 Å². The minimum Gasteiger partial charge on any atom is -0.456 e. The van der Waals surface area contributed by atoms with E-state index in [1.807, 2.05) is 19.9 Å². The lowest BCUT2D eigenvalue weighted by Gasteiger charge is -2.15. The van der Waals surface area contributed by atoms with Crippen molar-refractivity contribution >= 4 is 21.6 Å². The first-order valence-corrected chi connectivity index (χ1v) is 9.00. The largest absolute Gasteiger partial charge is 0.456 e. The van der Waals surface area contributed by atoms with Crippen molar-refractivity contribution in [2.75, 3.05) is 11.0 Å². The second-order valence-corrected chi connectivity index (χ2v) is 7.31. The number of rotatable bonds is 5. The number of carbonyl (C=O) groups excluding carboxylic acids is 1. The SMILES string of the molecule is Cc1cc(C)c(C(=O)NC(C)c2cccc(NS(C)(=O)=O)c2)o1. The maximum absolute atomic E-state index is 12.3. The van der Waals surface area contributed by atoms with Crippen LogP contribution in [0.25, 0.3) is 0 Å². The van der Waals surface area contributed by atoms with E-state index < -0.39 is 10.0 Å². The van der Waals surface area contributed by atoms with Crippen LogP contribution >= 0.6 is 0 Å². The zero-order chi connectivity index (χ0) is 17.2. The average molecular weight is 336 g/mol. The molecule has 0 aliphatic heterocycles. The molecule has 1 aromatic carbocycles. The minimum absolute atomic E-state index is 0.291. The summed E-state index contributed by atoms with van der Waals surface area (Å²) >= 11 is 0. The predicted octanol–water partition coefficient (Wildman–Crippen LogP) is 2.76. The summed E-state index contributed by atoms with van der Waals surface area (Å²) in [6.07, 6.45) is 1.09. The normalized spacial score (nSPS) is 12.7. The van der Waals surface area contributed by atoms with E-state index >= 15 is 0 Å². The monoisotopic (exact) mass is 336 g/mol. The van der Waals surface area contributed by atoms with Gasteiger partial charge in [0.2, 0.25) is 10.0 Å².